The van der Waals surface area contributed by atoms with Gasteiger partial charge in [0.05, 0.1) is 9.88 Å². The minimum Gasteiger partial charge on any atom is -0.337 e. The molecule has 0 saturated carbocycles. The van der Waals surface area contributed by atoms with Crippen LogP contribution in [0, 0.1) is 18.2 Å². The zero-order chi connectivity index (χ0) is 22.1. The van der Waals surface area contributed by atoms with Crippen molar-refractivity contribution in [2.45, 2.75) is 33.7 Å². The summed E-state index contributed by atoms with van der Waals surface area (Å²) in [4.78, 5) is 30.2. The van der Waals surface area contributed by atoms with Crippen LogP contribution in [0.3, 0.4) is 0 Å². The second-order valence-corrected chi connectivity index (χ2v) is 9.24. The summed E-state index contributed by atoms with van der Waals surface area (Å²) in [7, 11) is 1.82. The normalized spacial score (nSPS) is 12.5. The maximum Gasteiger partial charge on any atom is 0.262 e. The molecule has 0 saturated heterocycles. The van der Waals surface area contributed by atoms with Crippen LogP contribution in [0.5, 0.6) is 0 Å². The summed E-state index contributed by atoms with van der Waals surface area (Å²) in [6.45, 7) is 7.29. The summed E-state index contributed by atoms with van der Waals surface area (Å²) >= 11 is 1.21. The Kier molecular flexibility index (Phi) is 6.07. The summed E-state index contributed by atoms with van der Waals surface area (Å²) < 4.78 is 15.6. The zero-order valence-corrected chi connectivity index (χ0v) is 18.4. The fraction of sp³-hybridized carbons (Fsp3) is 0.318. The van der Waals surface area contributed by atoms with Crippen molar-refractivity contribution in [3.8, 4) is 0 Å². The molecule has 30 heavy (non-hydrogen) atoms. The minimum atomic E-state index is -0.623. The number of benzene rings is 1. The Labute approximate surface area is 179 Å². The van der Waals surface area contributed by atoms with Gasteiger partial charge in [0.1, 0.15) is 17.7 Å². The van der Waals surface area contributed by atoms with Gasteiger partial charge >= 0.3 is 0 Å². The number of hydrogen-bond donors (Lipinski definition) is 2. The molecule has 6 nitrogen and oxygen atoms in total. The van der Waals surface area contributed by atoms with Crippen LogP contribution >= 0.6 is 11.3 Å². The lowest BCUT2D eigenvalue weighted by molar-refractivity contribution is -0.123. The van der Waals surface area contributed by atoms with Crippen molar-refractivity contribution < 1.29 is 14.0 Å². The molecule has 1 atom stereocenters. The highest BCUT2D eigenvalue weighted by molar-refractivity contribution is 7.18. The third-order valence-electron chi connectivity index (χ3n) is 4.62. The topological polar surface area (TPSA) is 76.0 Å². The molecule has 2 N–H and O–H groups in total. The number of nitrogens with zero attached hydrogens (tertiary/aromatic N) is 2. The quantitative estimate of drug-likeness (QED) is 0.631. The van der Waals surface area contributed by atoms with Crippen LogP contribution in [-0.4, -0.2) is 21.4 Å². The SMILES string of the molecule is Cc1cc(NC(=O)C(C)(C)C)sc1C(=O)NC(c1cccc(F)c1)c1nccn1C. The molecule has 1 aromatic carbocycles. The molecule has 0 radical (unpaired) electrons. The molecule has 3 rings (SSSR count). The Morgan fingerprint density at radius 2 is 1.97 bits per heavy atom. The molecule has 0 spiro atoms. The van der Waals surface area contributed by atoms with Crippen molar-refractivity contribution in [1.29, 1.82) is 0 Å². The lowest BCUT2D eigenvalue weighted by Crippen LogP contribution is -2.31. The third kappa shape index (κ3) is 4.76. The summed E-state index contributed by atoms with van der Waals surface area (Å²) in [6.07, 6.45) is 3.40. The van der Waals surface area contributed by atoms with Gasteiger partial charge in [-0.2, -0.15) is 0 Å². The Morgan fingerprint density at radius 3 is 2.57 bits per heavy atom. The van der Waals surface area contributed by atoms with Gasteiger partial charge in [-0.05, 0) is 36.2 Å². The summed E-state index contributed by atoms with van der Waals surface area (Å²) in [6, 6.07) is 7.25. The van der Waals surface area contributed by atoms with E-state index in [1.165, 1.54) is 23.5 Å². The number of carbonyl (C=O) groups excluding carboxylic acids is 2. The predicted octanol–water partition coefficient (Wildman–Crippen LogP) is 4.43. The van der Waals surface area contributed by atoms with Gasteiger partial charge in [-0.25, -0.2) is 9.37 Å². The Balaban J connectivity index is 1.88. The second-order valence-electron chi connectivity index (χ2n) is 8.18. The van der Waals surface area contributed by atoms with E-state index in [-0.39, 0.29) is 17.6 Å². The summed E-state index contributed by atoms with van der Waals surface area (Å²) in [5.74, 6) is -0.239. The van der Waals surface area contributed by atoms with Gasteiger partial charge in [-0.1, -0.05) is 32.9 Å². The van der Waals surface area contributed by atoms with E-state index >= 15 is 0 Å². The third-order valence-corrected chi connectivity index (χ3v) is 5.77. The first-order valence-corrected chi connectivity index (χ1v) is 10.3. The largest absolute Gasteiger partial charge is 0.337 e. The van der Waals surface area contributed by atoms with Crippen molar-refractivity contribution in [3.63, 3.8) is 0 Å². The molecule has 8 heteroatoms. The van der Waals surface area contributed by atoms with Crippen LogP contribution in [-0.2, 0) is 11.8 Å². The van der Waals surface area contributed by atoms with E-state index in [2.05, 4.69) is 15.6 Å². The molecule has 1 unspecified atom stereocenters. The Hall–Kier alpha value is -3.00. The number of amides is 2. The maximum atomic E-state index is 13.8. The van der Waals surface area contributed by atoms with Crippen molar-refractivity contribution in [1.82, 2.24) is 14.9 Å². The predicted molar refractivity (Wildman–Crippen MR) is 116 cm³/mol. The van der Waals surface area contributed by atoms with Gasteiger partial charge in [0.15, 0.2) is 0 Å². The van der Waals surface area contributed by atoms with Gasteiger partial charge < -0.3 is 15.2 Å². The Bertz CT molecular complexity index is 1080. The van der Waals surface area contributed by atoms with Gasteiger partial charge in [0, 0.05) is 24.9 Å². The number of hydrogen-bond acceptors (Lipinski definition) is 4. The number of aryl methyl sites for hydroxylation is 2. The molecule has 0 aliphatic heterocycles. The highest BCUT2D eigenvalue weighted by Gasteiger charge is 2.25. The van der Waals surface area contributed by atoms with E-state index < -0.39 is 11.5 Å². The highest BCUT2D eigenvalue weighted by atomic mass is 32.1. The number of nitrogens with one attached hydrogen (secondary N) is 2. The van der Waals surface area contributed by atoms with Gasteiger partial charge in [-0.3, -0.25) is 9.59 Å². The molecule has 0 aliphatic carbocycles. The smallest absolute Gasteiger partial charge is 0.262 e. The number of rotatable bonds is 5. The molecule has 2 amide bonds. The number of anilines is 1. The molecule has 0 bridgehead atoms. The molecule has 0 fully saturated rings. The number of halogens is 1. The number of aromatic nitrogens is 2. The van der Waals surface area contributed by atoms with Gasteiger partial charge in [-0.15, -0.1) is 11.3 Å². The van der Waals surface area contributed by atoms with Gasteiger partial charge in [0.25, 0.3) is 5.91 Å². The van der Waals surface area contributed by atoms with Crippen molar-refractivity contribution >= 4 is 28.2 Å². The molecule has 3 aromatic rings. The van der Waals surface area contributed by atoms with Crippen LogP contribution < -0.4 is 10.6 Å². The molecular formula is C22H25FN4O2S. The average molecular weight is 429 g/mol. The van der Waals surface area contributed by atoms with E-state index in [0.717, 1.165) is 5.56 Å². The maximum absolute atomic E-state index is 13.8. The van der Waals surface area contributed by atoms with E-state index in [0.29, 0.717) is 21.3 Å². The monoisotopic (exact) mass is 428 g/mol. The highest BCUT2D eigenvalue weighted by Crippen LogP contribution is 2.30. The average Bonchev–Trinajstić information content (AvgIpc) is 3.24. The fourth-order valence-electron chi connectivity index (χ4n) is 2.90. The molecule has 158 valence electrons. The van der Waals surface area contributed by atoms with Crippen molar-refractivity contribution in [2.24, 2.45) is 12.5 Å². The van der Waals surface area contributed by atoms with Crippen LogP contribution in [0.4, 0.5) is 9.39 Å². The standard InChI is InChI=1S/C22H25FN4O2S/c1-13-11-16(25-21(29)22(2,3)4)30-18(13)20(28)26-17(19-24-9-10-27(19)5)14-7-6-8-15(23)12-14/h6-12,17H,1-5H3,(H,25,29)(H,26,28). The van der Waals surface area contributed by atoms with E-state index in [4.69, 9.17) is 0 Å². The van der Waals surface area contributed by atoms with E-state index in [9.17, 15) is 14.0 Å². The van der Waals surface area contributed by atoms with Crippen LogP contribution in [0.1, 0.15) is 53.4 Å². The number of carbonyl (C=O) groups is 2. The molecule has 2 heterocycles. The Morgan fingerprint density at radius 1 is 1.23 bits per heavy atom. The number of imidazole rings is 1. The fourth-order valence-corrected chi connectivity index (χ4v) is 3.87. The van der Waals surface area contributed by atoms with Crippen molar-refractivity contribution in [2.75, 3.05) is 5.32 Å². The minimum absolute atomic E-state index is 0.124. The first-order valence-electron chi connectivity index (χ1n) is 9.51. The van der Waals surface area contributed by atoms with Crippen LogP contribution in [0.15, 0.2) is 42.7 Å². The summed E-state index contributed by atoms with van der Waals surface area (Å²) in [5, 5.41) is 6.44. The number of thiophene rings is 1. The summed E-state index contributed by atoms with van der Waals surface area (Å²) in [5.41, 5.74) is 0.800. The van der Waals surface area contributed by atoms with Gasteiger partial charge in [0.2, 0.25) is 5.91 Å². The first-order chi connectivity index (χ1) is 14.1. The van der Waals surface area contributed by atoms with Crippen LogP contribution in [0.2, 0.25) is 0 Å². The lowest BCUT2D eigenvalue weighted by Gasteiger charge is -2.19. The van der Waals surface area contributed by atoms with E-state index in [1.807, 2.05) is 34.7 Å². The van der Waals surface area contributed by atoms with E-state index in [1.54, 1.807) is 35.2 Å². The molecular weight excluding hydrogens is 403 g/mol. The van der Waals surface area contributed by atoms with Crippen molar-refractivity contribution in [3.05, 3.63) is 70.4 Å². The zero-order valence-electron chi connectivity index (χ0n) is 17.6. The van der Waals surface area contributed by atoms with Crippen LogP contribution in [0.25, 0.3) is 0 Å². The molecule has 0 aliphatic rings. The first kappa shape index (κ1) is 21.7. The second kappa shape index (κ2) is 8.39. The molecule has 2 aromatic heterocycles. The lowest BCUT2D eigenvalue weighted by atomic mass is 9.96.